The Morgan fingerprint density at radius 1 is 0.485 bits per heavy atom. The maximum Gasteiger partial charge on any atom is 0.308 e. The number of hydroxylamine groups is 3. The Morgan fingerprint density at radius 3 is 0.894 bits per heavy atom. The van der Waals surface area contributed by atoms with E-state index < -0.39 is 25.1 Å². The first-order valence-electron chi connectivity index (χ1n) is 22.6. The number of hydrogen-bond donors (Lipinski definition) is 0. The Hall–Kier alpha value is -2.46. The van der Waals surface area contributed by atoms with Crippen molar-refractivity contribution in [3.8, 4) is 0 Å². The second kappa shape index (κ2) is 45.0. The lowest BCUT2D eigenvalue weighted by molar-refractivity contribution is -0.172. The highest BCUT2D eigenvalue weighted by Crippen LogP contribution is 2.04. The molecule has 20 heteroatoms. The quantitative estimate of drug-likeness (QED) is 0.103. The van der Waals surface area contributed by atoms with Crippen LogP contribution < -0.4 is 0 Å². The molecular weight excluding hydrogens is 891 g/mol. The van der Waals surface area contributed by atoms with Crippen molar-refractivity contribution in [1.29, 1.82) is 0 Å². The number of ether oxygens (including phenoxy) is 1. The molecule has 0 spiro atoms. The highest BCUT2D eigenvalue weighted by molar-refractivity contribution is 7.91. The minimum Gasteiger partial charge on any atom is -0.469 e. The average Bonchev–Trinajstić information content (AvgIpc) is 3.21. The van der Waals surface area contributed by atoms with Gasteiger partial charge >= 0.3 is 5.97 Å². The number of carbonyl (C=O) groups excluding carboxylic acids is 4. The van der Waals surface area contributed by atoms with Crippen molar-refractivity contribution in [3.05, 3.63) is 0 Å². The molecule has 18 nitrogen and oxygen atoms in total. The van der Waals surface area contributed by atoms with Crippen LogP contribution in [0, 0.1) is 23.7 Å². The van der Waals surface area contributed by atoms with Crippen molar-refractivity contribution in [2.24, 2.45) is 23.7 Å². The second-order valence-electron chi connectivity index (χ2n) is 18.0. The Labute approximate surface area is 408 Å². The van der Waals surface area contributed by atoms with Gasteiger partial charge in [-0.05, 0) is 97.0 Å². The van der Waals surface area contributed by atoms with Gasteiger partial charge in [0.15, 0.2) is 0 Å². The van der Waals surface area contributed by atoms with E-state index in [-0.39, 0.29) is 52.6 Å². The molecule has 0 radical (unpaired) electrons. The Bertz CT molecular complexity index is 1370. The number of sulfonamides is 1. The van der Waals surface area contributed by atoms with Crippen LogP contribution in [0.4, 0.5) is 0 Å². The summed E-state index contributed by atoms with van der Waals surface area (Å²) in [6.45, 7) is 37.3. The van der Waals surface area contributed by atoms with Crippen LogP contribution in [-0.2, 0) is 53.5 Å². The number of hydrogen-bond acceptors (Lipinski definition) is 14. The van der Waals surface area contributed by atoms with Crippen LogP contribution in [0.15, 0.2) is 0 Å². The van der Waals surface area contributed by atoms with Gasteiger partial charge in [0, 0.05) is 84.5 Å². The van der Waals surface area contributed by atoms with E-state index in [0.717, 1.165) is 24.2 Å². The topological polar surface area (TPSA) is 187 Å². The number of rotatable bonds is 15. The van der Waals surface area contributed by atoms with Crippen LogP contribution in [0.2, 0.25) is 0 Å². The van der Waals surface area contributed by atoms with Gasteiger partial charge < -0.3 is 19.4 Å². The van der Waals surface area contributed by atoms with Crippen molar-refractivity contribution in [2.75, 3.05) is 111 Å². The summed E-state index contributed by atoms with van der Waals surface area (Å²) in [5.74, 6) is 0.528. The maximum absolute atomic E-state index is 11.1. The standard InChI is InChI=1S/C7H18N2.C7H15NO.C6H13NO2.C6H13NO.C6H15N.C5H13NO3S.C5H10O2.C4H10O2S/c1-7(2)9(5)6-8(3)4;1-5-8(4)7(9)6(2)3;1-5(2)6(8)7(3)9-4;1-5(2)6(8)7(3)4;1-5-7(4)6(2)3;1-5(2)10(7,8)6(3)9-4;1-4(2)5(6)7-3;1-4(2)7(3,5)6/h7H,6H2,1-5H3;6H,5H2,1-4H3;5H,1-4H3;5H,1-4H3;6H,5H2,1-4H3;5H,1-4H3;2*4H,1-3H3. The summed E-state index contributed by atoms with van der Waals surface area (Å²) in [5.41, 5.74) is 0. The molecule has 0 saturated heterocycles. The van der Waals surface area contributed by atoms with Crippen LogP contribution in [-0.4, -0.2) is 208 Å². The van der Waals surface area contributed by atoms with Crippen molar-refractivity contribution in [2.45, 2.75) is 147 Å². The van der Waals surface area contributed by atoms with Crippen LogP contribution in [0.1, 0.15) is 125 Å². The molecule has 0 aromatic rings. The zero-order valence-corrected chi connectivity index (χ0v) is 49.8. The highest BCUT2D eigenvalue weighted by atomic mass is 32.2. The van der Waals surface area contributed by atoms with Crippen molar-refractivity contribution in [3.63, 3.8) is 0 Å². The smallest absolute Gasteiger partial charge is 0.308 e. The molecule has 0 aromatic heterocycles. The van der Waals surface area contributed by atoms with E-state index in [1.54, 1.807) is 72.5 Å². The second-order valence-corrected chi connectivity index (χ2v) is 23.1. The third kappa shape index (κ3) is 52.5. The summed E-state index contributed by atoms with van der Waals surface area (Å²) in [6, 6.07) is 1.34. The highest BCUT2D eigenvalue weighted by Gasteiger charge is 2.21. The van der Waals surface area contributed by atoms with E-state index in [2.05, 4.69) is 91.9 Å². The molecule has 0 aliphatic carbocycles. The molecular formula is C46H107N7O11S2. The molecule has 0 aliphatic rings. The molecule has 66 heavy (non-hydrogen) atoms. The monoisotopic (exact) mass is 998 g/mol. The number of esters is 1. The fraction of sp³-hybridized carbons (Fsp3) is 0.913. The Balaban J connectivity index is -0.0000000974. The number of nitrogens with zero attached hydrogens (tertiary/aromatic N) is 7. The zero-order chi connectivity index (χ0) is 55.2. The van der Waals surface area contributed by atoms with Crippen LogP contribution in [0.5, 0.6) is 0 Å². The summed E-state index contributed by atoms with van der Waals surface area (Å²) < 4.78 is 48.0. The fourth-order valence-electron chi connectivity index (χ4n) is 3.18. The van der Waals surface area contributed by atoms with Gasteiger partial charge in [-0.1, -0.05) is 66.8 Å². The largest absolute Gasteiger partial charge is 0.469 e. The molecule has 0 aliphatic heterocycles. The van der Waals surface area contributed by atoms with Gasteiger partial charge in [-0.3, -0.25) is 38.7 Å². The molecule has 3 amide bonds. The molecule has 0 saturated carbocycles. The zero-order valence-electron chi connectivity index (χ0n) is 48.2. The van der Waals surface area contributed by atoms with Crippen molar-refractivity contribution >= 4 is 43.6 Å². The normalized spacial score (nSPS) is 11.0. The van der Waals surface area contributed by atoms with E-state index >= 15 is 0 Å². The predicted molar refractivity (Wildman–Crippen MR) is 277 cm³/mol. The fourth-order valence-corrected chi connectivity index (χ4v) is 3.98. The van der Waals surface area contributed by atoms with Gasteiger partial charge in [-0.25, -0.2) is 21.9 Å². The van der Waals surface area contributed by atoms with E-state index in [0.29, 0.717) is 12.1 Å². The van der Waals surface area contributed by atoms with E-state index in [1.807, 2.05) is 55.5 Å². The van der Waals surface area contributed by atoms with E-state index in [1.165, 1.54) is 39.7 Å². The van der Waals surface area contributed by atoms with E-state index in [9.17, 15) is 36.0 Å². The lowest BCUT2D eigenvalue weighted by atomic mass is 10.2. The minimum absolute atomic E-state index is 0.00231. The van der Waals surface area contributed by atoms with Crippen LogP contribution in [0.3, 0.4) is 0 Å². The molecule has 0 rings (SSSR count). The molecule has 0 aromatic carbocycles. The number of methoxy groups -OCH3 is 1. The summed E-state index contributed by atoms with van der Waals surface area (Å²) in [5, 5.41) is 0.565. The number of carbonyl (C=O) groups is 4. The Kier molecular flexibility index (Phi) is 54.9. The van der Waals surface area contributed by atoms with E-state index in [4.69, 9.17) is 0 Å². The first-order chi connectivity index (χ1) is 29.5. The van der Waals surface area contributed by atoms with Gasteiger partial charge in [-0.2, -0.15) is 0 Å². The molecule has 0 bridgehead atoms. The first kappa shape index (κ1) is 80.6. The Morgan fingerprint density at radius 2 is 0.833 bits per heavy atom. The van der Waals surface area contributed by atoms with Gasteiger partial charge in [0.1, 0.15) is 9.84 Å². The summed E-state index contributed by atoms with van der Waals surface area (Å²) >= 11 is 0. The molecule has 0 unspecified atom stereocenters. The molecule has 0 heterocycles. The van der Waals surface area contributed by atoms with Crippen molar-refractivity contribution < 1.29 is 50.4 Å². The average molecular weight is 999 g/mol. The number of amides is 3. The summed E-state index contributed by atoms with van der Waals surface area (Å²) in [4.78, 5) is 62.2. The minimum atomic E-state index is -3.22. The summed E-state index contributed by atoms with van der Waals surface area (Å²) in [6.07, 6.45) is 1.23. The molecule has 0 atom stereocenters. The number of sulfone groups is 1. The molecule has 404 valence electrons. The van der Waals surface area contributed by atoms with Crippen molar-refractivity contribution in [1.82, 2.24) is 34.0 Å². The van der Waals surface area contributed by atoms with Crippen LogP contribution in [0.25, 0.3) is 0 Å². The van der Waals surface area contributed by atoms with Gasteiger partial charge in [0.25, 0.3) is 0 Å². The lowest BCUT2D eigenvalue weighted by Gasteiger charge is -2.24. The predicted octanol–water partition coefficient (Wildman–Crippen LogP) is 6.18. The van der Waals surface area contributed by atoms with Gasteiger partial charge in [0.05, 0.1) is 37.7 Å². The summed E-state index contributed by atoms with van der Waals surface area (Å²) in [7, 11) is 15.0. The maximum atomic E-state index is 11.1. The van der Waals surface area contributed by atoms with Gasteiger partial charge in [0.2, 0.25) is 27.7 Å². The molecule has 0 N–H and O–H groups in total. The van der Waals surface area contributed by atoms with Gasteiger partial charge in [-0.15, -0.1) is 0 Å². The molecule has 0 fully saturated rings. The SMILES string of the molecule is CC(C)C(=O)N(C)C.CC(C)N(C)CN(C)C.CC(C)S(C)(=O)=O.CCN(C)C(=O)C(C)C.CCN(C)C(C)C.COC(=O)C(C)C.CON(C)C(=O)C(C)C.CON(C)S(=O)(=O)C(C)C. The third-order valence-corrected chi connectivity index (χ3v) is 12.6. The third-order valence-electron chi connectivity index (χ3n) is 8.87. The first-order valence-corrected chi connectivity index (χ1v) is 26.1. The van der Waals surface area contributed by atoms with Crippen LogP contribution >= 0.6 is 0 Å². The lowest BCUT2D eigenvalue weighted by Crippen LogP contribution is -2.35.